The minimum Gasteiger partial charge on any atom is -0.457 e. The highest BCUT2D eigenvalue weighted by atomic mass is 32.1. The molecule has 3 rings (SSSR count). The summed E-state index contributed by atoms with van der Waals surface area (Å²) in [5.74, 6) is 1.32. The van der Waals surface area contributed by atoms with Crippen molar-refractivity contribution < 1.29 is 14.3 Å². The monoisotopic (exact) mass is 367 g/mol. The van der Waals surface area contributed by atoms with E-state index < -0.39 is 0 Å². The predicted molar refractivity (Wildman–Crippen MR) is 104 cm³/mol. The second-order valence-electron chi connectivity index (χ2n) is 5.82. The second-order valence-corrected chi connectivity index (χ2v) is 7.14. The average Bonchev–Trinajstić information content (AvgIpc) is 3.10. The highest BCUT2D eigenvalue weighted by Gasteiger charge is 2.14. The van der Waals surface area contributed by atoms with Gasteiger partial charge in [0, 0.05) is 29.0 Å². The number of amides is 1. The Balaban J connectivity index is 1.57. The van der Waals surface area contributed by atoms with Gasteiger partial charge < -0.3 is 14.8 Å². The maximum Gasteiger partial charge on any atom is 0.251 e. The number of rotatable bonds is 7. The smallest absolute Gasteiger partial charge is 0.251 e. The third-order valence-electron chi connectivity index (χ3n) is 3.91. The van der Waals surface area contributed by atoms with Gasteiger partial charge in [0.05, 0.1) is 0 Å². The van der Waals surface area contributed by atoms with E-state index in [2.05, 4.69) is 18.3 Å². The molecule has 1 N–H and O–H groups in total. The molecule has 0 aliphatic rings. The minimum atomic E-state index is -0.140. The first-order valence-electron chi connectivity index (χ1n) is 8.36. The third-order valence-corrected chi connectivity index (χ3v) is 5.00. The van der Waals surface area contributed by atoms with Crippen LogP contribution in [0.25, 0.3) is 0 Å². The molecule has 1 amide bonds. The molecular weight excluding hydrogens is 346 g/mol. The van der Waals surface area contributed by atoms with Crippen LogP contribution >= 0.6 is 11.3 Å². The van der Waals surface area contributed by atoms with Crippen molar-refractivity contribution in [1.82, 2.24) is 5.32 Å². The highest BCUT2D eigenvalue weighted by Crippen LogP contribution is 2.25. The number of aryl methyl sites for hydroxylation is 1. The van der Waals surface area contributed by atoms with Crippen LogP contribution in [0.1, 0.15) is 26.2 Å². The van der Waals surface area contributed by atoms with Gasteiger partial charge in [-0.05, 0) is 55.5 Å². The van der Waals surface area contributed by atoms with E-state index >= 15 is 0 Å². The zero-order valence-corrected chi connectivity index (χ0v) is 15.6. The first kappa shape index (κ1) is 18.2. The summed E-state index contributed by atoms with van der Waals surface area (Å²) in [4.78, 5) is 14.7. The molecule has 0 fully saturated rings. The van der Waals surface area contributed by atoms with Crippen molar-refractivity contribution in [3.63, 3.8) is 0 Å². The van der Waals surface area contributed by atoms with Gasteiger partial charge >= 0.3 is 0 Å². The van der Waals surface area contributed by atoms with Crippen molar-refractivity contribution in [3.05, 3.63) is 82.0 Å². The van der Waals surface area contributed by atoms with Crippen LogP contribution in [0.3, 0.4) is 0 Å². The minimum absolute atomic E-state index is 0.133. The highest BCUT2D eigenvalue weighted by molar-refractivity contribution is 7.12. The lowest BCUT2D eigenvalue weighted by Crippen LogP contribution is -2.28. The van der Waals surface area contributed by atoms with Gasteiger partial charge in [0.1, 0.15) is 17.6 Å². The number of carbonyl (C=O) groups excluding carboxylic acids is 1. The number of ether oxygens (including phenoxy) is 2. The van der Waals surface area contributed by atoms with E-state index in [0.717, 1.165) is 10.6 Å². The van der Waals surface area contributed by atoms with Gasteiger partial charge in [0.25, 0.3) is 5.91 Å². The fourth-order valence-corrected chi connectivity index (χ4v) is 3.47. The summed E-state index contributed by atoms with van der Waals surface area (Å²) in [5, 5.41) is 2.93. The van der Waals surface area contributed by atoms with Crippen LogP contribution in [0.5, 0.6) is 11.5 Å². The van der Waals surface area contributed by atoms with Gasteiger partial charge in [-0.3, -0.25) is 4.79 Å². The molecule has 134 valence electrons. The summed E-state index contributed by atoms with van der Waals surface area (Å²) in [7, 11) is 1.65. The Bertz CT molecular complexity index is 843. The third kappa shape index (κ3) is 4.71. The summed E-state index contributed by atoms with van der Waals surface area (Å²) < 4.78 is 11.2. The molecule has 0 saturated carbocycles. The summed E-state index contributed by atoms with van der Waals surface area (Å²) in [6.07, 6.45) is -0.140. The van der Waals surface area contributed by atoms with Gasteiger partial charge in [-0.2, -0.15) is 0 Å². The van der Waals surface area contributed by atoms with Crippen LogP contribution in [0, 0.1) is 6.92 Å². The molecule has 0 saturated heterocycles. The molecule has 0 aliphatic carbocycles. The Morgan fingerprint density at radius 1 is 1.00 bits per heavy atom. The first-order chi connectivity index (χ1) is 12.7. The average molecular weight is 367 g/mol. The van der Waals surface area contributed by atoms with Crippen LogP contribution < -0.4 is 10.1 Å². The van der Waals surface area contributed by atoms with E-state index in [4.69, 9.17) is 9.47 Å². The van der Waals surface area contributed by atoms with Crippen molar-refractivity contribution in [2.24, 2.45) is 0 Å². The summed E-state index contributed by atoms with van der Waals surface area (Å²) in [6, 6.07) is 20.7. The quantitative estimate of drug-likeness (QED) is 0.642. The predicted octanol–water partition coefficient (Wildman–Crippen LogP) is 4.97. The molecule has 1 unspecified atom stereocenters. The molecule has 4 nitrogen and oxygen atoms in total. The fraction of sp³-hybridized carbons (Fsp3) is 0.190. The summed E-state index contributed by atoms with van der Waals surface area (Å²) in [6.45, 7) is 2.48. The van der Waals surface area contributed by atoms with Gasteiger partial charge in [0.15, 0.2) is 0 Å². The molecule has 26 heavy (non-hydrogen) atoms. The lowest BCUT2D eigenvalue weighted by atomic mass is 10.2. The van der Waals surface area contributed by atoms with Crippen LogP contribution in [-0.2, 0) is 4.74 Å². The number of hydrogen-bond acceptors (Lipinski definition) is 4. The van der Waals surface area contributed by atoms with E-state index in [1.54, 1.807) is 42.7 Å². The normalized spacial score (nSPS) is 11.8. The molecule has 0 aliphatic heterocycles. The Morgan fingerprint density at radius 3 is 2.31 bits per heavy atom. The molecular formula is C21H21NO3S. The SMILES string of the molecule is COC(CNC(=O)c1ccc(Oc2ccccc2)cc1)c1ccc(C)s1. The second kappa shape index (κ2) is 8.65. The molecule has 1 atom stereocenters. The zero-order chi connectivity index (χ0) is 18.4. The standard InChI is InChI=1S/C21H21NO3S/c1-15-8-13-20(26-15)19(24-2)14-22-21(23)16-9-11-18(12-10-16)25-17-6-4-3-5-7-17/h3-13,19H,14H2,1-2H3,(H,22,23). The van der Waals surface area contributed by atoms with Crippen LogP contribution in [0.15, 0.2) is 66.7 Å². The van der Waals surface area contributed by atoms with E-state index in [0.29, 0.717) is 17.9 Å². The van der Waals surface area contributed by atoms with E-state index in [1.807, 2.05) is 36.4 Å². The van der Waals surface area contributed by atoms with Gasteiger partial charge in [-0.1, -0.05) is 18.2 Å². The van der Waals surface area contributed by atoms with Crippen molar-refractivity contribution >= 4 is 17.2 Å². The van der Waals surface area contributed by atoms with Crippen LogP contribution in [-0.4, -0.2) is 19.6 Å². The van der Waals surface area contributed by atoms with Crippen molar-refractivity contribution in [1.29, 1.82) is 0 Å². The molecule has 2 aromatic carbocycles. The number of thiophene rings is 1. The lowest BCUT2D eigenvalue weighted by molar-refractivity contribution is 0.0837. The van der Waals surface area contributed by atoms with Crippen LogP contribution in [0.4, 0.5) is 0 Å². The van der Waals surface area contributed by atoms with Crippen molar-refractivity contribution in [2.45, 2.75) is 13.0 Å². The Morgan fingerprint density at radius 2 is 1.69 bits per heavy atom. The Kier molecular flexibility index (Phi) is 6.04. The molecule has 1 aromatic heterocycles. The maximum atomic E-state index is 12.4. The topological polar surface area (TPSA) is 47.6 Å². The largest absolute Gasteiger partial charge is 0.457 e. The zero-order valence-electron chi connectivity index (χ0n) is 14.8. The molecule has 3 aromatic rings. The van der Waals surface area contributed by atoms with E-state index in [-0.39, 0.29) is 12.0 Å². The van der Waals surface area contributed by atoms with Crippen molar-refractivity contribution in [3.8, 4) is 11.5 Å². The van der Waals surface area contributed by atoms with Gasteiger partial charge in [-0.25, -0.2) is 0 Å². The molecule has 0 radical (unpaired) electrons. The molecule has 0 bridgehead atoms. The number of carbonyl (C=O) groups is 1. The van der Waals surface area contributed by atoms with Crippen molar-refractivity contribution in [2.75, 3.05) is 13.7 Å². The summed E-state index contributed by atoms with van der Waals surface area (Å²) in [5.41, 5.74) is 0.586. The lowest BCUT2D eigenvalue weighted by Gasteiger charge is -2.15. The van der Waals surface area contributed by atoms with E-state index in [9.17, 15) is 4.79 Å². The molecule has 5 heteroatoms. The Labute approximate surface area is 157 Å². The Hall–Kier alpha value is -2.63. The molecule has 1 heterocycles. The number of benzene rings is 2. The number of nitrogens with one attached hydrogen (secondary N) is 1. The maximum absolute atomic E-state index is 12.4. The number of methoxy groups -OCH3 is 1. The number of para-hydroxylation sites is 1. The van der Waals surface area contributed by atoms with Gasteiger partial charge in [0.2, 0.25) is 0 Å². The number of hydrogen-bond donors (Lipinski definition) is 1. The van der Waals surface area contributed by atoms with E-state index in [1.165, 1.54) is 4.88 Å². The van der Waals surface area contributed by atoms with Gasteiger partial charge in [-0.15, -0.1) is 11.3 Å². The molecule has 0 spiro atoms. The fourth-order valence-electron chi connectivity index (χ4n) is 2.51. The summed E-state index contributed by atoms with van der Waals surface area (Å²) >= 11 is 1.68. The first-order valence-corrected chi connectivity index (χ1v) is 9.17. The van der Waals surface area contributed by atoms with Crippen LogP contribution in [0.2, 0.25) is 0 Å².